The van der Waals surface area contributed by atoms with Crippen LogP contribution in [0.1, 0.15) is 42.9 Å². The fourth-order valence-electron chi connectivity index (χ4n) is 1.58. The summed E-state index contributed by atoms with van der Waals surface area (Å²) in [7, 11) is 1.75. The van der Waals surface area contributed by atoms with Crippen LogP contribution in [-0.4, -0.2) is 21.7 Å². The van der Waals surface area contributed by atoms with Gasteiger partial charge in [-0.15, -0.1) is 0 Å². The van der Waals surface area contributed by atoms with E-state index in [0.717, 1.165) is 18.5 Å². The van der Waals surface area contributed by atoms with Crippen molar-refractivity contribution in [3.63, 3.8) is 0 Å². The summed E-state index contributed by atoms with van der Waals surface area (Å²) in [5.41, 5.74) is 1.43. The number of aromatic nitrogens is 2. The number of rotatable bonds is 5. The van der Waals surface area contributed by atoms with Crippen molar-refractivity contribution >= 4 is 5.91 Å². The molecule has 1 aromatic heterocycles. The number of hydrogen-bond donors (Lipinski definition) is 1. The van der Waals surface area contributed by atoms with Crippen molar-refractivity contribution in [3.8, 4) is 6.07 Å². The summed E-state index contributed by atoms with van der Waals surface area (Å²) < 4.78 is 1.58. The van der Waals surface area contributed by atoms with Gasteiger partial charge in [0.05, 0.1) is 18.2 Å². The van der Waals surface area contributed by atoms with Gasteiger partial charge >= 0.3 is 0 Å². The topological polar surface area (TPSA) is 70.7 Å². The summed E-state index contributed by atoms with van der Waals surface area (Å²) in [6.07, 6.45) is 1.88. The van der Waals surface area contributed by atoms with E-state index < -0.39 is 0 Å². The van der Waals surface area contributed by atoms with E-state index in [0.29, 0.717) is 12.1 Å². The second kappa shape index (κ2) is 6.04. The lowest BCUT2D eigenvalue weighted by molar-refractivity contribution is 0.0927. The zero-order chi connectivity index (χ0) is 12.8. The van der Waals surface area contributed by atoms with Gasteiger partial charge < -0.3 is 5.32 Å². The Morgan fingerprint density at radius 2 is 2.35 bits per heavy atom. The number of nitriles is 1. The van der Waals surface area contributed by atoms with Crippen LogP contribution in [0.4, 0.5) is 0 Å². The van der Waals surface area contributed by atoms with E-state index in [9.17, 15) is 4.79 Å². The Hall–Kier alpha value is -1.83. The average molecular weight is 234 g/mol. The normalized spacial score (nSPS) is 11.9. The third-order valence-corrected chi connectivity index (χ3v) is 2.69. The molecule has 5 heteroatoms. The molecule has 0 fully saturated rings. The predicted molar refractivity (Wildman–Crippen MR) is 64.4 cm³/mol. The Morgan fingerprint density at radius 1 is 1.65 bits per heavy atom. The molecule has 0 aliphatic carbocycles. The Labute approximate surface area is 101 Å². The first kappa shape index (κ1) is 13.2. The van der Waals surface area contributed by atoms with Crippen LogP contribution >= 0.6 is 0 Å². The lowest BCUT2D eigenvalue weighted by Gasteiger charge is -2.13. The summed E-state index contributed by atoms with van der Waals surface area (Å²) in [6, 6.07) is 3.77. The fraction of sp³-hybridized carbons (Fsp3) is 0.583. The van der Waals surface area contributed by atoms with Gasteiger partial charge in [-0.2, -0.15) is 10.4 Å². The van der Waals surface area contributed by atoms with Crippen molar-refractivity contribution in [2.24, 2.45) is 7.05 Å². The molecule has 0 aliphatic rings. The minimum atomic E-state index is -0.165. The summed E-state index contributed by atoms with van der Waals surface area (Å²) >= 11 is 0. The molecule has 1 rings (SSSR count). The molecule has 5 nitrogen and oxygen atoms in total. The number of carbonyl (C=O) groups excluding carboxylic acids is 1. The second-order valence-corrected chi connectivity index (χ2v) is 3.94. The highest BCUT2D eigenvalue weighted by Gasteiger charge is 2.16. The first-order valence-corrected chi connectivity index (χ1v) is 5.83. The highest BCUT2D eigenvalue weighted by atomic mass is 16.2. The zero-order valence-corrected chi connectivity index (χ0v) is 10.5. The van der Waals surface area contributed by atoms with Crippen molar-refractivity contribution in [2.75, 3.05) is 0 Å². The van der Waals surface area contributed by atoms with E-state index in [1.807, 2.05) is 13.8 Å². The van der Waals surface area contributed by atoms with E-state index in [1.165, 1.54) is 0 Å². The second-order valence-electron chi connectivity index (χ2n) is 3.94. The predicted octanol–water partition coefficient (Wildman–Crippen LogP) is 1.40. The van der Waals surface area contributed by atoms with E-state index in [1.54, 1.807) is 17.8 Å². The van der Waals surface area contributed by atoms with Gasteiger partial charge in [-0.3, -0.25) is 9.48 Å². The van der Waals surface area contributed by atoms with Crippen LogP contribution in [0.2, 0.25) is 0 Å². The summed E-state index contributed by atoms with van der Waals surface area (Å²) in [6.45, 7) is 3.94. The van der Waals surface area contributed by atoms with Gasteiger partial charge in [-0.05, 0) is 18.9 Å². The highest BCUT2D eigenvalue weighted by Crippen LogP contribution is 2.05. The zero-order valence-electron chi connectivity index (χ0n) is 10.5. The van der Waals surface area contributed by atoms with E-state index >= 15 is 0 Å². The molecule has 17 heavy (non-hydrogen) atoms. The average Bonchev–Trinajstić information content (AvgIpc) is 2.70. The van der Waals surface area contributed by atoms with Crippen LogP contribution in [0.5, 0.6) is 0 Å². The molecule has 1 aromatic rings. The maximum Gasteiger partial charge on any atom is 0.269 e. The van der Waals surface area contributed by atoms with Crippen molar-refractivity contribution in [1.29, 1.82) is 5.26 Å². The third-order valence-electron chi connectivity index (χ3n) is 2.69. The molecule has 1 amide bonds. The van der Waals surface area contributed by atoms with Gasteiger partial charge in [-0.25, -0.2) is 0 Å². The van der Waals surface area contributed by atoms with Crippen LogP contribution in [0.25, 0.3) is 0 Å². The quantitative estimate of drug-likeness (QED) is 0.837. The lowest BCUT2D eigenvalue weighted by Crippen LogP contribution is -2.35. The number of amides is 1. The summed E-state index contributed by atoms with van der Waals surface area (Å²) in [5.74, 6) is -0.165. The van der Waals surface area contributed by atoms with Gasteiger partial charge in [0.15, 0.2) is 0 Å². The highest BCUT2D eigenvalue weighted by molar-refractivity contribution is 5.92. The molecule has 0 saturated heterocycles. The SMILES string of the molecule is CCc1cc(C(=O)NC(CC)CC#N)n(C)n1. The minimum Gasteiger partial charge on any atom is -0.347 e. The minimum absolute atomic E-state index is 0.0903. The monoisotopic (exact) mass is 234 g/mol. The Morgan fingerprint density at radius 3 is 2.82 bits per heavy atom. The van der Waals surface area contributed by atoms with Crippen molar-refractivity contribution < 1.29 is 4.79 Å². The third kappa shape index (κ3) is 3.31. The standard InChI is InChI=1S/C12H18N4O/c1-4-9(6-7-13)14-12(17)11-8-10(5-2)15-16(11)3/h8-9H,4-6H2,1-3H3,(H,14,17). The smallest absolute Gasteiger partial charge is 0.269 e. The molecule has 1 atom stereocenters. The van der Waals surface area contributed by atoms with Crippen LogP contribution in [0.15, 0.2) is 6.07 Å². The van der Waals surface area contributed by atoms with Gasteiger partial charge in [-0.1, -0.05) is 13.8 Å². The van der Waals surface area contributed by atoms with Crippen molar-refractivity contribution in [1.82, 2.24) is 15.1 Å². The van der Waals surface area contributed by atoms with Crippen LogP contribution in [-0.2, 0) is 13.5 Å². The number of carbonyl (C=O) groups is 1. The maximum absolute atomic E-state index is 12.0. The summed E-state index contributed by atoms with van der Waals surface area (Å²) in [4.78, 5) is 12.0. The van der Waals surface area contributed by atoms with Gasteiger partial charge in [0.25, 0.3) is 5.91 Å². The molecule has 1 unspecified atom stereocenters. The molecule has 0 spiro atoms. The van der Waals surface area contributed by atoms with Crippen LogP contribution < -0.4 is 5.32 Å². The van der Waals surface area contributed by atoms with Gasteiger partial charge in [0, 0.05) is 13.1 Å². The molecule has 0 bridgehead atoms. The molecule has 0 aromatic carbocycles. The first-order chi connectivity index (χ1) is 8.12. The maximum atomic E-state index is 12.0. The molecular formula is C12H18N4O. The van der Waals surface area contributed by atoms with E-state index in [-0.39, 0.29) is 11.9 Å². The molecule has 92 valence electrons. The van der Waals surface area contributed by atoms with Gasteiger partial charge in [0.1, 0.15) is 5.69 Å². The van der Waals surface area contributed by atoms with Crippen LogP contribution in [0, 0.1) is 11.3 Å². The number of hydrogen-bond acceptors (Lipinski definition) is 3. The van der Waals surface area contributed by atoms with E-state index in [2.05, 4.69) is 16.5 Å². The number of nitrogens with one attached hydrogen (secondary N) is 1. The molecular weight excluding hydrogens is 216 g/mol. The molecule has 0 saturated carbocycles. The molecule has 1 heterocycles. The summed E-state index contributed by atoms with van der Waals surface area (Å²) in [5, 5.41) is 15.7. The molecule has 1 N–H and O–H groups in total. The Bertz CT molecular complexity index is 430. The van der Waals surface area contributed by atoms with Gasteiger partial charge in [0.2, 0.25) is 0 Å². The number of nitrogens with zero attached hydrogens (tertiary/aromatic N) is 3. The van der Waals surface area contributed by atoms with E-state index in [4.69, 9.17) is 5.26 Å². The number of aryl methyl sites for hydroxylation is 2. The molecule has 0 radical (unpaired) electrons. The van der Waals surface area contributed by atoms with Crippen molar-refractivity contribution in [2.45, 2.75) is 39.2 Å². The molecule has 0 aliphatic heterocycles. The first-order valence-electron chi connectivity index (χ1n) is 5.83. The Kier molecular flexibility index (Phi) is 4.70. The largest absolute Gasteiger partial charge is 0.347 e. The lowest BCUT2D eigenvalue weighted by atomic mass is 10.1. The fourth-order valence-corrected chi connectivity index (χ4v) is 1.58. The Balaban J connectivity index is 2.75. The van der Waals surface area contributed by atoms with Crippen LogP contribution in [0.3, 0.4) is 0 Å². The van der Waals surface area contributed by atoms with Crippen molar-refractivity contribution in [3.05, 3.63) is 17.5 Å².